The fourth-order valence-corrected chi connectivity index (χ4v) is 1.49. The van der Waals surface area contributed by atoms with Gasteiger partial charge in [0.25, 0.3) is 0 Å². The molecule has 0 aromatic heterocycles. The van der Waals surface area contributed by atoms with Crippen LogP contribution in [-0.2, 0) is 6.54 Å². The van der Waals surface area contributed by atoms with Crippen molar-refractivity contribution >= 4 is 11.6 Å². The van der Waals surface area contributed by atoms with E-state index in [-0.39, 0.29) is 0 Å². The molecule has 0 radical (unpaired) electrons. The van der Waals surface area contributed by atoms with Gasteiger partial charge in [-0.15, -0.1) is 0 Å². The van der Waals surface area contributed by atoms with Crippen LogP contribution in [0.3, 0.4) is 0 Å². The topological polar surface area (TPSA) is 15.3 Å². The molecule has 3 heteroatoms. The lowest BCUT2D eigenvalue weighted by molar-refractivity contribution is 0.328. The van der Waals surface area contributed by atoms with Crippen LogP contribution in [0.25, 0.3) is 0 Å². The molecule has 1 rings (SSSR count). The highest BCUT2D eigenvalue weighted by Crippen LogP contribution is 2.15. The summed E-state index contributed by atoms with van der Waals surface area (Å²) in [5.74, 6) is 0. The Morgan fingerprint density at radius 2 is 2.07 bits per heavy atom. The number of rotatable bonds is 5. The third kappa shape index (κ3) is 3.66. The molecule has 1 N–H and O–H groups in total. The quantitative estimate of drug-likeness (QED) is 0.803. The van der Waals surface area contributed by atoms with Crippen molar-refractivity contribution < 1.29 is 0 Å². The van der Waals surface area contributed by atoms with Gasteiger partial charge in [0, 0.05) is 24.7 Å². The molecule has 0 spiro atoms. The molecular formula is C11H17ClN2. The third-order valence-electron chi connectivity index (χ3n) is 2.14. The zero-order chi connectivity index (χ0) is 10.4. The van der Waals surface area contributed by atoms with Crippen LogP contribution in [0.1, 0.15) is 5.56 Å². The molecule has 0 aliphatic carbocycles. The molecule has 0 fully saturated rings. The molecular weight excluding hydrogens is 196 g/mol. The Kier molecular flexibility index (Phi) is 4.94. The minimum atomic E-state index is 0.851. The molecule has 14 heavy (non-hydrogen) atoms. The maximum absolute atomic E-state index is 6.06. The summed E-state index contributed by atoms with van der Waals surface area (Å²) in [6.07, 6.45) is 0. The fourth-order valence-electron chi connectivity index (χ4n) is 1.30. The van der Waals surface area contributed by atoms with Crippen molar-refractivity contribution in [2.24, 2.45) is 0 Å². The Labute approximate surface area is 90.9 Å². The molecule has 1 aromatic carbocycles. The predicted molar refractivity (Wildman–Crippen MR) is 61.7 cm³/mol. The Morgan fingerprint density at radius 1 is 1.36 bits per heavy atom. The number of nitrogens with one attached hydrogen (secondary N) is 1. The number of benzene rings is 1. The highest BCUT2D eigenvalue weighted by atomic mass is 35.5. The molecule has 78 valence electrons. The van der Waals surface area contributed by atoms with Crippen LogP contribution >= 0.6 is 11.6 Å². The van der Waals surface area contributed by atoms with Crippen LogP contribution in [0, 0.1) is 0 Å². The first kappa shape index (κ1) is 11.5. The standard InChI is InChI=1S/C11H17ClN2/c1-13-7-8-14(2)9-10-5-3-4-6-11(10)12/h3-6,13H,7-9H2,1-2H3. The van der Waals surface area contributed by atoms with Gasteiger partial charge in [0.05, 0.1) is 0 Å². The number of halogens is 1. The lowest BCUT2D eigenvalue weighted by Crippen LogP contribution is -2.27. The SMILES string of the molecule is CNCCN(C)Cc1ccccc1Cl. The fraction of sp³-hybridized carbons (Fsp3) is 0.455. The summed E-state index contributed by atoms with van der Waals surface area (Å²) in [6, 6.07) is 7.98. The van der Waals surface area contributed by atoms with E-state index in [2.05, 4.69) is 23.3 Å². The van der Waals surface area contributed by atoms with E-state index in [1.165, 1.54) is 5.56 Å². The molecule has 1 aromatic rings. The van der Waals surface area contributed by atoms with Gasteiger partial charge in [-0.1, -0.05) is 29.8 Å². The first-order chi connectivity index (χ1) is 6.74. The van der Waals surface area contributed by atoms with E-state index >= 15 is 0 Å². The molecule has 2 nitrogen and oxygen atoms in total. The summed E-state index contributed by atoms with van der Waals surface area (Å²) in [4.78, 5) is 2.25. The average Bonchev–Trinajstić information content (AvgIpc) is 2.18. The Morgan fingerprint density at radius 3 is 2.71 bits per heavy atom. The van der Waals surface area contributed by atoms with Crippen LogP contribution in [0.2, 0.25) is 5.02 Å². The van der Waals surface area contributed by atoms with E-state index in [0.717, 1.165) is 24.7 Å². The first-order valence-electron chi connectivity index (χ1n) is 4.80. The first-order valence-corrected chi connectivity index (χ1v) is 5.18. The molecule has 0 saturated heterocycles. The molecule has 0 atom stereocenters. The van der Waals surface area contributed by atoms with E-state index in [1.807, 2.05) is 25.2 Å². The van der Waals surface area contributed by atoms with Gasteiger partial charge in [-0.2, -0.15) is 0 Å². The van der Waals surface area contributed by atoms with Gasteiger partial charge in [0.1, 0.15) is 0 Å². The smallest absolute Gasteiger partial charge is 0.0451 e. The number of hydrogen-bond donors (Lipinski definition) is 1. The second kappa shape index (κ2) is 6.02. The van der Waals surface area contributed by atoms with Gasteiger partial charge in [0.2, 0.25) is 0 Å². The van der Waals surface area contributed by atoms with Crippen molar-refractivity contribution in [3.8, 4) is 0 Å². The van der Waals surface area contributed by atoms with E-state index in [9.17, 15) is 0 Å². The lowest BCUT2D eigenvalue weighted by Gasteiger charge is -2.16. The summed E-state index contributed by atoms with van der Waals surface area (Å²) in [6.45, 7) is 2.93. The minimum absolute atomic E-state index is 0.851. The Bertz CT molecular complexity index is 276. The van der Waals surface area contributed by atoms with Crippen LogP contribution in [0.15, 0.2) is 24.3 Å². The molecule has 0 aliphatic rings. The Balaban J connectivity index is 2.47. The third-order valence-corrected chi connectivity index (χ3v) is 2.51. The largest absolute Gasteiger partial charge is 0.318 e. The molecule has 0 saturated carbocycles. The summed E-state index contributed by atoms with van der Waals surface area (Å²) in [7, 11) is 4.06. The van der Waals surface area contributed by atoms with E-state index in [1.54, 1.807) is 0 Å². The van der Waals surface area contributed by atoms with Crippen molar-refractivity contribution in [2.75, 3.05) is 27.2 Å². The maximum Gasteiger partial charge on any atom is 0.0451 e. The second-order valence-electron chi connectivity index (χ2n) is 3.43. The van der Waals surface area contributed by atoms with Gasteiger partial charge in [-0.3, -0.25) is 0 Å². The number of hydrogen-bond acceptors (Lipinski definition) is 2. The van der Waals surface area contributed by atoms with Gasteiger partial charge in [-0.05, 0) is 25.7 Å². The number of likely N-dealkylation sites (N-methyl/N-ethyl adjacent to an activating group) is 2. The van der Waals surface area contributed by atoms with E-state index in [4.69, 9.17) is 11.6 Å². The Hall–Kier alpha value is -0.570. The summed E-state index contributed by atoms with van der Waals surface area (Å²) in [5.41, 5.74) is 1.19. The summed E-state index contributed by atoms with van der Waals surface area (Å²) in [5, 5.41) is 3.98. The van der Waals surface area contributed by atoms with Crippen LogP contribution in [-0.4, -0.2) is 32.1 Å². The average molecular weight is 213 g/mol. The van der Waals surface area contributed by atoms with Crippen molar-refractivity contribution in [3.63, 3.8) is 0 Å². The van der Waals surface area contributed by atoms with Crippen LogP contribution in [0.4, 0.5) is 0 Å². The van der Waals surface area contributed by atoms with Crippen molar-refractivity contribution in [2.45, 2.75) is 6.54 Å². The molecule has 0 unspecified atom stereocenters. The van der Waals surface area contributed by atoms with Crippen LogP contribution in [0.5, 0.6) is 0 Å². The van der Waals surface area contributed by atoms with Crippen molar-refractivity contribution in [1.82, 2.24) is 10.2 Å². The zero-order valence-corrected chi connectivity index (χ0v) is 9.51. The molecule has 0 amide bonds. The summed E-state index contributed by atoms with van der Waals surface area (Å²) < 4.78 is 0. The number of nitrogens with zero attached hydrogens (tertiary/aromatic N) is 1. The van der Waals surface area contributed by atoms with E-state index < -0.39 is 0 Å². The maximum atomic E-state index is 6.06. The van der Waals surface area contributed by atoms with Gasteiger partial charge >= 0.3 is 0 Å². The van der Waals surface area contributed by atoms with Crippen LogP contribution < -0.4 is 5.32 Å². The highest BCUT2D eigenvalue weighted by molar-refractivity contribution is 6.31. The minimum Gasteiger partial charge on any atom is -0.318 e. The zero-order valence-electron chi connectivity index (χ0n) is 8.76. The van der Waals surface area contributed by atoms with E-state index in [0.29, 0.717) is 0 Å². The summed E-state index contributed by atoms with van der Waals surface area (Å²) >= 11 is 6.06. The normalized spacial score (nSPS) is 10.9. The lowest BCUT2D eigenvalue weighted by atomic mass is 10.2. The molecule has 0 heterocycles. The second-order valence-corrected chi connectivity index (χ2v) is 3.84. The van der Waals surface area contributed by atoms with Gasteiger partial charge in [-0.25, -0.2) is 0 Å². The predicted octanol–water partition coefficient (Wildman–Crippen LogP) is 1.99. The van der Waals surface area contributed by atoms with Crippen molar-refractivity contribution in [1.29, 1.82) is 0 Å². The van der Waals surface area contributed by atoms with Gasteiger partial charge in [0.15, 0.2) is 0 Å². The monoisotopic (exact) mass is 212 g/mol. The highest BCUT2D eigenvalue weighted by Gasteiger charge is 2.02. The van der Waals surface area contributed by atoms with Crippen molar-refractivity contribution in [3.05, 3.63) is 34.9 Å². The molecule has 0 aliphatic heterocycles. The molecule has 0 bridgehead atoms. The van der Waals surface area contributed by atoms with Gasteiger partial charge < -0.3 is 10.2 Å².